The summed E-state index contributed by atoms with van der Waals surface area (Å²) in [5.74, 6) is 1.57. The van der Waals surface area contributed by atoms with E-state index in [-0.39, 0.29) is 5.82 Å². The highest BCUT2D eigenvalue weighted by Gasteiger charge is 2.11. The van der Waals surface area contributed by atoms with E-state index in [9.17, 15) is 4.39 Å². The summed E-state index contributed by atoms with van der Waals surface area (Å²) in [7, 11) is 0. The monoisotopic (exact) mass is 253 g/mol. The second-order valence-electron chi connectivity index (χ2n) is 3.68. The van der Waals surface area contributed by atoms with Gasteiger partial charge in [0.25, 0.3) is 0 Å². The van der Waals surface area contributed by atoms with Crippen LogP contribution in [-0.4, -0.2) is 14.8 Å². The molecule has 90 valence electrons. The van der Waals surface area contributed by atoms with Gasteiger partial charge in [-0.15, -0.1) is 21.8 Å². The minimum atomic E-state index is -0.217. The van der Waals surface area contributed by atoms with Gasteiger partial charge in [0.2, 0.25) is 0 Å². The quantitative estimate of drug-likeness (QED) is 0.785. The molecule has 5 heteroatoms. The summed E-state index contributed by atoms with van der Waals surface area (Å²) in [6.07, 6.45) is 0.435. The normalized spacial score (nSPS) is 10.8. The summed E-state index contributed by atoms with van der Waals surface area (Å²) >= 11 is 5.76. The Labute approximate surface area is 104 Å². The molecule has 0 bridgehead atoms. The molecule has 1 aromatic carbocycles. The summed E-state index contributed by atoms with van der Waals surface area (Å²) in [6, 6.07) is 6.69. The van der Waals surface area contributed by atoms with E-state index in [2.05, 4.69) is 10.2 Å². The molecule has 0 atom stereocenters. The average Bonchev–Trinajstić information content (AvgIpc) is 2.74. The van der Waals surface area contributed by atoms with E-state index in [1.165, 1.54) is 6.07 Å². The van der Waals surface area contributed by atoms with Crippen LogP contribution in [0.3, 0.4) is 0 Å². The van der Waals surface area contributed by atoms with Gasteiger partial charge < -0.3 is 4.57 Å². The third kappa shape index (κ3) is 2.47. The molecule has 0 radical (unpaired) electrons. The first-order valence-corrected chi connectivity index (χ1v) is 6.00. The highest BCUT2D eigenvalue weighted by Crippen LogP contribution is 2.13. The fourth-order valence-corrected chi connectivity index (χ4v) is 1.98. The van der Waals surface area contributed by atoms with E-state index in [4.69, 9.17) is 11.6 Å². The van der Waals surface area contributed by atoms with Gasteiger partial charge in [0.15, 0.2) is 0 Å². The van der Waals surface area contributed by atoms with Crippen molar-refractivity contribution >= 4 is 11.6 Å². The highest BCUT2D eigenvalue weighted by atomic mass is 35.5. The number of nitrogens with zero attached hydrogens (tertiary/aromatic N) is 3. The lowest BCUT2D eigenvalue weighted by atomic mass is 10.1. The van der Waals surface area contributed by atoms with Gasteiger partial charge in [-0.1, -0.05) is 18.2 Å². The smallest absolute Gasteiger partial charge is 0.147 e. The van der Waals surface area contributed by atoms with Crippen molar-refractivity contribution in [2.75, 3.05) is 0 Å². The second-order valence-corrected chi connectivity index (χ2v) is 3.95. The molecule has 0 spiro atoms. The van der Waals surface area contributed by atoms with E-state index in [0.717, 1.165) is 18.2 Å². The lowest BCUT2D eigenvalue weighted by molar-refractivity contribution is 0.606. The second kappa shape index (κ2) is 5.27. The molecule has 1 heterocycles. The summed E-state index contributed by atoms with van der Waals surface area (Å²) in [5, 5.41) is 8.05. The third-order valence-electron chi connectivity index (χ3n) is 2.65. The lowest BCUT2D eigenvalue weighted by Gasteiger charge is -2.06. The molecule has 2 rings (SSSR count). The van der Waals surface area contributed by atoms with Crippen LogP contribution in [0.1, 0.15) is 24.1 Å². The number of alkyl halides is 1. The zero-order valence-electron chi connectivity index (χ0n) is 9.53. The highest BCUT2D eigenvalue weighted by molar-refractivity contribution is 6.16. The molecule has 0 N–H and O–H groups in total. The standard InChI is InChI=1S/C12H13ClFN3/c1-2-17-11(15-16-12(17)8-13)7-9-5-3-4-6-10(9)14/h3-6H,2,7-8H2,1H3. The Morgan fingerprint density at radius 3 is 2.59 bits per heavy atom. The van der Waals surface area contributed by atoms with Crippen molar-refractivity contribution < 1.29 is 4.39 Å². The molecule has 17 heavy (non-hydrogen) atoms. The first-order chi connectivity index (χ1) is 8.26. The molecule has 0 amide bonds. The number of aromatic nitrogens is 3. The average molecular weight is 254 g/mol. The Balaban J connectivity index is 2.30. The van der Waals surface area contributed by atoms with E-state index >= 15 is 0 Å². The Morgan fingerprint density at radius 1 is 1.24 bits per heavy atom. The van der Waals surface area contributed by atoms with Crippen molar-refractivity contribution in [1.82, 2.24) is 14.8 Å². The fraction of sp³-hybridized carbons (Fsp3) is 0.333. The van der Waals surface area contributed by atoms with Crippen molar-refractivity contribution in [3.05, 3.63) is 47.3 Å². The third-order valence-corrected chi connectivity index (χ3v) is 2.89. The molecule has 3 nitrogen and oxygen atoms in total. The van der Waals surface area contributed by atoms with E-state index in [1.807, 2.05) is 17.6 Å². The van der Waals surface area contributed by atoms with Crippen LogP contribution in [0.5, 0.6) is 0 Å². The van der Waals surface area contributed by atoms with Crippen LogP contribution in [0, 0.1) is 5.82 Å². The van der Waals surface area contributed by atoms with Gasteiger partial charge in [-0.2, -0.15) is 0 Å². The largest absolute Gasteiger partial charge is 0.314 e. The van der Waals surface area contributed by atoms with Gasteiger partial charge in [-0.3, -0.25) is 0 Å². The first-order valence-electron chi connectivity index (χ1n) is 5.46. The number of hydrogen-bond donors (Lipinski definition) is 0. The first kappa shape index (κ1) is 12.0. The molecule has 0 aliphatic heterocycles. The van der Waals surface area contributed by atoms with Gasteiger partial charge in [-0.05, 0) is 18.6 Å². The molecule has 0 aliphatic carbocycles. The van der Waals surface area contributed by atoms with Crippen LogP contribution in [-0.2, 0) is 18.8 Å². The van der Waals surface area contributed by atoms with Crippen LogP contribution in [0.25, 0.3) is 0 Å². The summed E-state index contributed by atoms with van der Waals surface area (Å²) < 4.78 is 15.4. The molecule has 2 aromatic rings. The van der Waals surface area contributed by atoms with Crippen LogP contribution >= 0.6 is 11.6 Å². The number of benzene rings is 1. The fourth-order valence-electron chi connectivity index (χ4n) is 1.78. The Bertz CT molecular complexity index is 510. The van der Waals surface area contributed by atoms with E-state index in [1.54, 1.807) is 12.1 Å². The summed E-state index contributed by atoms with van der Waals surface area (Å²) in [5.41, 5.74) is 0.621. The molecule has 0 fully saturated rings. The molecule has 1 aromatic heterocycles. The van der Waals surface area contributed by atoms with Gasteiger partial charge >= 0.3 is 0 Å². The van der Waals surface area contributed by atoms with E-state index < -0.39 is 0 Å². The Kier molecular flexibility index (Phi) is 3.74. The Hall–Kier alpha value is -1.42. The lowest BCUT2D eigenvalue weighted by Crippen LogP contribution is -2.06. The SMILES string of the molecule is CCn1c(CCl)nnc1Cc1ccccc1F. The molecule has 0 unspecified atom stereocenters. The van der Waals surface area contributed by atoms with E-state index in [0.29, 0.717) is 17.9 Å². The summed E-state index contributed by atoms with van der Waals surface area (Å²) in [6.45, 7) is 2.73. The van der Waals surface area contributed by atoms with Crippen LogP contribution in [0.2, 0.25) is 0 Å². The maximum atomic E-state index is 13.5. The molecular weight excluding hydrogens is 241 g/mol. The van der Waals surface area contributed by atoms with Crippen molar-refractivity contribution in [3.8, 4) is 0 Å². The number of halogens is 2. The molecule has 0 aliphatic rings. The van der Waals surface area contributed by atoms with Gasteiger partial charge in [0, 0.05) is 13.0 Å². The number of rotatable bonds is 4. The predicted octanol–water partition coefficient (Wildman–Crippen LogP) is 2.77. The predicted molar refractivity (Wildman–Crippen MR) is 64.5 cm³/mol. The molecule has 0 saturated carbocycles. The maximum absolute atomic E-state index is 13.5. The van der Waals surface area contributed by atoms with Crippen molar-refractivity contribution in [3.63, 3.8) is 0 Å². The van der Waals surface area contributed by atoms with Gasteiger partial charge in [0.05, 0.1) is 5.88 Å². The summed E-state index contributed by atoms with van der Waals surface area (Å²) in [4.78, 5) is 0. The van der Waals surface area contributed by atoms with Crippen molar-refractivity contribution in [2.24, 2.45) is 0 Å². The van der Waals surface area contributed by atoms with Crippen LogP contribution < -0.4 is 0 Å². The van der Waals surface area contributed by atoms with Gasteiger partial charge in [-0.25, -0.2) is 4.39 Å². The minimum absolute atomic E-state index is 0.217. The Morgan fingerprint density at radius 2 is 1.94 bits per heavy atom. The zero-order valence-corrected chi connectivity index (χ0v) is 10.3. The van der Waals surface area contributed by atoms with Crippen LogP contribution in [0.15, 0.2) is 24.3 Å². The maximum Gasteiger partial charge on any atom is 0.147 e. The minimum Gasteiger partial charge on any atom is -0.314 e. The van der Waals surface area contributed by atoms with Crippen LogP contribution in [0.4, 0.5) is 4.39 Å². The topological polar surface area (TPSA) is 30.7 Å². The zero-order chi connectivity index (χ0) is 12.3. The van der Waals surface area contributed by atoms with Crippen molar-refractivity contribution in [1.29, 1.82) is 0 Å². The van der Waals surface area contributed by atoms with Crippen molar-refractivity contribution in [2.45, 2.75) is 25.8 Å². The number of hydrogen-bond acceptors (Lipinski definition) is 2. The van der Waals surface area contributed by atoms with Gasteiger partial charge in [0.1, 0.15) is 17.5 Å². The molecular formula is C12H13ClFN3. The molecule has 0 saturated heterocycles.